The lowest BCUT2D eigenvalue weighted by molar-refractivity contribution is -0.386. The Bertz CT molecular complexity index is 838. The fraction of sp³-hybridized carbons (Fsp3) is 0.0714. The molecule has 23 heavy (non-hydrogen) atoms. The van der Waals surface area contributed by atoms with E-state index in [2.05, 4.69) is 15.1 Å². The van der Waals surface area contributed by atoms with Gasteiger partial charge in [-0.2, -0.15) is 4.98 Å². The summed E-state index contributed by atoms with van der Waals surface area (Å²) in [5.41, 5.74) is 0.354. The SMILES string of the molecule is O=[N+]([O-])c1ccc(F)cc1OCc1nc(-c2ccncc2)no1. The van der Waals surface area contributed by atoms with Gasteiger partial charge in [0.15, 0.2) is 6.61 Å². The molecule has 1 aromatic carbocycles. The zero-order chi connectivity index (χ0) is 16.2. The van der Waals surface area contributed by atoms with Gasteiger partial charge in [-0.05, 0) is 18.2 Å². The van der Waals surface area contributed by atoms with Gasteiger partial charge in [0.2, 0.25) is 11.6 Å². The summed E-state index contributed by atoms with van der Waals surface area (Å²) in [6.45, 7) is -0.220. The van der Waals surface area contributed by atoms with Crippen LogP contribution in [-0.2, 0) is 6.61 Å². The summed E-state index contributed by atoms with van der Waals surface area (Å²) >= 11 is 0. The molecule has 0 N–H and O–H groups in total. The quantitative estimate of drug-likeness (QED) is 0.526. The van der Waals surface area contributed by atoms with E-state index in [0.717, 1.165) is 18.2 Å². The van der Waals surface area contributed by atoms with E-state index < -0.39 is 10.7 Å². The summed E-state index contributed by atoms with van der Waals surface area (Å²) in [5, 5.41) is 14.7. The average molecular weight is 316 g/mol. The highest BCUT2D eigenvalue weighted by atomic mass is 19.1. The Balaban J connectivity index is 1.76. The van der Waals surface area contributed by atoms with E-state index in [1.54, 1.807) is 24.5 Å². The maximum atomic E-state index is 13.2. The van der Waals surface area contributed by atoms with E-state index in [1.807, 2.05) is 0 Å². The van der Waals surface area contributed by atoms with Crippen molar-refractivity contribution < 1.29 is 18.6 Å². The monoisotopic (exact) mass is 316 g/mol. The first-order valence-electron chi connectivity index (χ1n) is 6.43. The highest BCUT2D eigenvalue weighted by Gasteiger charge is 2.17. The number of hydrogen-bond donors (Lipinski definition) is 0. The van der Waals surface area contributed by atoms with Crippen LogP contribution in [0.3, 0.4) is 0 Å². The molecule has 0 spiro atoms. The lowest BCUT2D eigenvalue weighted by atomic mass is 10.2. The molecule has 0 aliphatic carbocycles. The maximum absolute atomic E-state index is 13.2. The molecule has 2 heterocycles. The zero-order valence-electron chi connectivity index (χ0n) is 11.5. The van der Waals surface area contributed by atoms with Crippen molar-refractivity contribution in [3.63, 3.8) is 0 Å². The molecule has 3 rings (SSSR count). The number of benzene rings is 1. The number of rotatable bonds is 5. The lowest BCUT2D eigenvalue weighted by Crippen LogP contribution is -2.00. The predicted molar refractivity (Wildman–Crippen MR) is 74.9 cm³/mol. The van der Waals surface area contributed by atoms with Crippen molar-refractivity contribution in [2.45, 2.75) is 6.61 Å². The summed E-state index contributed by atoms with van der Waals surface area (Å²) in [6.07, 6.45) is 3.16. The van der Waals surface area contributed by atoms with Crippen LogP contribution < -0.4 is 4.74 Å². The lowest BCUT2D eigenvalue weighted by Gasteiger charge is -2.03. The van der Waals surface area contributed by atoms with Crippen molar-refractivity contribution in [3.05, 3.63) is 64.5 Å². The summed E-state index contributed by atoms with van der Waals surface area (Å²) < 4.78 is 23.4. The smallest absolute Gasteiger partial charge is 0.311 e. The summed E-state index contributed by atoms with van der Waals surface area (Å²) in [7, 11) is 0. The van der Waals surface area contributed by atoms with Crippen LogP contribution in [0.1, 0.15) is 5.89 Å². The molecule has 0 radical (unpaired) electrons. The first-order valence-corrected chi connectivity index (χ1v) is 6.43. The molecule has 0 fully saturated rings. The molecule has 8 nitrogen and oxygen atoms in total. The van der Waals surface area contributed by atoms with Crippen LogP contribution >= 0.6 is 0 Å². The Morgan fingerprint density at radius 3 is 2.78 bits per heavy atom. The highest BCUT2D eigenvalue weighted by molar-refractivity contribution is 5.52. The molecule has 3 aromatic rings. The second-order valence-corrected chi connectivity index (χ2v) is 4.41. The Labute approximate surface area is 128 Å². The number of pyridine rings is 1. The van der Waals surface area contributed by atoms with E-state index in [9.17, 15) is 14.5 Å². The van der Waals surface area contributed by atoms with Gasteiger partial charge in [0.25, 0.3) is 5.89 Å². The predicted octanol–water partition coefficient (Wildman–Crippen LogP) is 2.76. The van der Waals surface area contributed by atoms with Crippen LogP contribution in [0.5, 0.6) is 5.75 Å². The van der Waals surface area contributed by atoms with E-state index >= 15 is 0 Å². The zero-order valence-corrected chi connectivity index (χ0v) is 11.5. The van der Waals surface area contributed by atoms with E-state index in [4.69, 9.17) is 9.26 Å². The maximum Gasteiger partial charge on any atom is 0.311 e. The number of nitro groups is 1. The molecule has 0 aliphatic heterocycles. The topological polar surface area (TPSA) is 104 Å². The Morgan fingerprint density at radius 1 is 1.26 bits per heavy atom. The molecule has 0 atom stereocenters. The summed E-state index contributed by atoms with van der Waals surface area (Å²) in [5.74, 6) is -0.414. The second kappa shape index (κ2) is 6.18. The van der Waals surface area contributed by atoms with Crippen LogP contribution in [0, 0.1) is 15.9 Å². The van der Waals surface area contributed by atoms with Crippen molar-refractivity contribution in [1.29, 1.82) is 0 Å². The fourth-order valence-electron chi connectivity index (χ4n) is 1.83. The molecular weight excluding hydrogens is 307 g/mol. The molecule has 2 aromatic heterocycles. The van der Waals surface area contributed by atoms with Gasteiger partial charge in [0.1, 0.15) is 5.82 Å². The van der Waals surface area contributed by atoms with Gasteiger partial charge in [0, 0.05) is 30.1 Å². The molecule has 0 unspecified atom stereocenters. The van der Waals surface area contributed by atoms with Crippen molar-refractivity contribution in [1.82, 2.24) is 15.1 Å². The second-order valence-electron chi connectivity index (χ2n) is 4.41. The van der Waals surface area contributed by atoms with Crippen LogP contribution in [0.15, 0.2) is 47.2 Å². The molecule has 0 saturated carbocycles. The summed E-state index contributed by atoms with van der Waals surface area (Å²) in [4.78, 5) is 18.2. The molecule has 0 saturated heterocycles. The van der Waals surface area contributed by atoms with Crippen LogP contribution in [-0.4, -0.2) is 20.0 Å². The van der Waals surface area contributed by atoms with Crippen LogP contribution in [0.2, 0.25) is 0 Å². The average Bonchev–Trinajstić information content (AvgIpc) is 3.02. The normalized spacial score (nSPS) is 10.5. The third-order valence-electron chi connectivity index (χ3n) is 2.88. The van der Waals surface area contributed by atoms with Gasteiger partial charge in [0.05, 0.1) is 4.92 Å². The Hall–Kier alpha value is -3.36. The third kappa shape index (κ3) is 3.28. The van der Waals surface area contributed by atoms with Gasteiger partial charge in [-0.3, -0.25) is 15.1 Å². The first kappa shape index (κ1) is 14.6. The first-order chi connectivity index (χ1) is 11.1. The number of halogens is 1. The van der Waals surface area contributed by atoms with Crippen LogP contribution in [0.4, 0.5) is 10.1 Å². The molecule has 0 bridgehead atoms. The van der Waals surface area contributed by atoms with Gasteiger partial charge in [-0.15, -0.1) is 0 Å². The number of nitro benzene ring substituents is 1. The van der Waals surface area contributed by atoms with E-state index in [-0.39, 0.29) is 23.9 Å². The fourth-order valence-corrected chi connectivity index (χ4v) is 1.83. The van der Waals surface area contributed by atoms with Gasteiger partial charge >= 0.3 is 5.69 Å². The Kier molecular flexibility index (Phi) is 3.91. The standard InChI is InChI=1S/C14H9FN4O4/c15-10-1-2-11(19(20)21)12(7-10)22-8-13-17-14(18-23-13)9-3-5-16-6-4-9/h1-7H,8H2. The summed E-state index contributed by atoms with van der Waals surface area (Å²) in [6, 6.07) is 6.35. The van der Waals surface area contributed by atoms with Gasteiger partial charge in [-0.25, -0.2) is 4.39 Å². The molecular formula is C14H9FN4O4. The van der Waals surface area contributed by atoms with Crippen molar-refractivity contribution >= 4 is 5.69 Å². The number of aromatic nitrogens is 3. The number of nitrogens with zero attached hydrogens (tertiary/aromatic N) is 4. The van der Waals surface area contributed by atoms with Crippen molar-refractivity contribution in [2.24, 2.45) is 0 Å². The van der Waals surface area contributed by atoms with Gasteiger partial charge in [-0.1, -0.05) is 5.16 Å². The van der Waals surface area contributed by atoms with Crippen molar-refractivity contribution in [2.75, 3.05) is 0 Å². The minimum Gasteiger partial charge on any atom is -0.477 e. The molecule has 9 heteroatoms. The molecule has 0 aliphatic rings. The van der Waals surface area contributed by atoms with E-state index in [1.165, 1.54) is 0 Å². The minimum atomic E-state index is -0.662. The molecule has 116 valence electrons. The van der Waals surface area contributed by atoms with Crippen molar-refractivity contribution in [3.8, 4) is 17.1 Å². The largest absolute Gasteiger partial charge is 0.477 e. The van der Waals surface area contributed by atoms with Gasteiger partial charge < -0.3 is 9.26 Å². The highest BCUT2D eigenvalue weighted by Crippen LogP contribution is 2.28. The number of hydrogen-bond acceptors (Lipinski definition) is 7. The third-order valence-corrected chi connectivity index (χ3v) is 2.88. The molecule has 0 amide bonds. The Morgan fingerprint density at radius 2 is 2.04 bits per heavy atom. The van der Waals surface area contributed by atoms with Crippen LogP contribution in [0.25, 0.3) is 11.4 Å². The van der Waals surface area contributed by atoms with E-state index in [0.29, 0.717) is 11.4 Å². The minimum absolute atomic E-state index is 0.107. The number of ether oxygens (including phenoxy) is 1.